The van der Waals surface area contributed by atoms with Gasteiger partial charge in [0.15, 0.2) is 0 Å². The first-order valence-electron chi connectivity index (χ1n) is 11.0. The molecule has 6 nitrogen and oxygen atoms in total. The van der Waals surface area contributed by atoms with Crippen LogP contribution in [0.15, 0.2) is 24.3 Å². The Morgan fingerprint density at radius 1 is 1.16 bits per heavy atom. The van der Waals surface area contributed by atoms with Crippen LogP contribution in [0.1, 0.15) is 38.2 Å². The van der Waals surface area contributed by atoms with E-state index in [1.807, 2.05) is 4.90 Å². The Bertz CT molecular complexity index is 817. The summed E-state index contributed by atoms with van der Waals surface area (Å²) in [5.41, 5.74) is 0.798. The second-order valence-electron chi connectivity index (χ2n) is 8.30. The van der Waals surface area contributed by atoms with Crippen molar-refractivity contribution >= 4 is 41.1 Å². The SMILES string of the molecule is CC1C(O)CCCN1CCCN1CCN(C(=O)/C=C/c2ccc(Cl)c(Cl)c2)CCC1=O. The summed E-state index contributed by atoms with van der Waals surface area (Å²) in [4.78, 5) is 31.0. The maximum absolute atomic E-state index is 12.6. The molecule has 1 N–H and O–H groups in total. The molecular weight excluding hydrogens is 437 g/mol. The molecule has 2 saturated heterocycles. The van der Waals surface area contributed by atoms with Crippen LogP contribution in [0.4, 0.5) is 0 Å². The van der Waals surface area contributed by atoms with Crippen molar-refractivity contribution in [1.82, 2.24) is 14.7 Å². The molecule has 2 heterocycles. The van der Waals surface area contributed by atoms with Crippen LogP contribution in [0.5, 0.6) is 0 Å². The van der Waals surface area contributed by atoms with Crippen LogP contribution in [0.3, 0.4) is 0 Å². The van der Waals surface area contributed by atoms with Crippen molar-refractivity contribution < 1.29 is 14.7 Å². The molecule has 0 radical (unpaired) electrons. The Labute approximate surface area is 194 Å². The van der Waals surface area contributed by atoms with E-state index in [1.54, 1.807) is 29.2 Å². The van der Waals surface area contributed by atoms with Gasteiger partial charge < -0.3 is 14.9 Å². The van der Waals surface area contributed by atoms with Gasteiger partial charge in [0.25, 0.3) is 0 Å². The van der Waals surface area contributed by atoms with Crippen molar-refractivity contribution in [1.29, 1.82) is 0 Å². The lowest BCUT2D eigenvalue weighted by Crippen LogP contribution is -2.47. The Morgan fingerprint density at radius 3 is 2.74 bits per heavy atom. The smallest absolute Gasteiger partial charge is 0.246 e. The number of halogens is 2. The zero-order chi connectivity index (χ0) is 22.4. The van der Waals surface area contributed by atoms with Crippen molar-refractivity contribution in [2.24, 2.45) is 0 Å². The Morgan fingerprint density at radius 2 is 1.97 bits per heavy atom. The number of aliphatic hydroxyl groups is 1. The predicted octanol–water partition coefficient (Wildman–Crippen LogP) is 3.30. The first-order valence-corrected chi connectivity index (χ1v) is 11.7. The van der Waals surface area contributed by atoms with Crippen molar-refractivity contribution in [3.05, 3.63) is 39.9 Å². The van der Waals surface area contributed by atoms with Crippen molar-refractivity contribution in [3.63, 3.8) is 0 Å². The number of rotatable bonds is 6. The number of hydrogen-bond acceptors (Lipinski definition) is 4. The number of benzene rings is 1. The number of carbonyl (C=O) groups is 2. The lowest BCUT2D eigenvalue weighted by molar-refractivity contribution is -0.130. The molecule has 0 saturated carbocycles. The summed E-state index contributed by atoms with van der Waals surface area (Å²) in [5, 5.41) is 11.0. The van der Waals surface area contributed by atoms with E-state index in [-0.39, 0.29) is 24.0 Å². The largest absolute Gasteiger partial charge is 0.392 e. The average molecular weight is 468 g/mol. The van der Waals surface area contributed by atoms with E-state index in [2.05, 4.69) is 11.8 Å². The number of likely N-dealkylation sites (tertiary alicyclic amines) is 1. The van der Waals surface area contributed by atoms with Crippen LogP contribution in [0.25, 0.3) is 6.08 Å². The fourth-order valence-electron chi connectivity index (χ4n) is 4.18. The molecular formula is C23H31Cl2N3O3. The minimum Gasteiger partial charge on any atom is -0.392 e. The highest BCUT2D eigenvalue weighted by Crippen LogP contribution is 2.23. The molecule has 0 aliphatic carbocycles. The summed E-state index contributed by atoms with van der Waals surface area (Å²) < 4.78 is 0. The van der Waals surface area contributed by atoms with Crippen molar-refractivity contribution in [3.8, 4) is 0 Å². The summed E-state index contributed by atoms with van der Waals surface area (Å²) in [6, 6.07) is 5.38. The van der Waals surface area contributed by atoms with E-state index in [1.165, 1.54) is 6.08 Å². The van der Waals surface area contributed by atoms with E-state index in [0.717, 1.165) is 37.9 Å². The number of hydrogen-bond donors (Lipinski definition) is 1. The summed E-state index contributed by atoms with van der Waals surface area (Å²) in [7, 11) is 0. The Hall–Kier alpha value is -1.60. The number of carbonyl (C=O) groups excluding carboxylic acids is 2. The standard InChI is InChI=1S/C23H31Cl2N3O3/c1-17-21(29)4-2-10-26(17)11-3-12-27-14-15-28(13-9-23(27)31)22(30)8-6-18-5-7-19(24)20(25)16-18/h5-8,16-17,21,29H,2-4,9-15H2,1H3/b8-6+. The third-order valence-corrected chi connectivity index (χ3v) is 6.95. The maximum atomic E-state index is 12.6. The zero-order valence-electron chi connectivity index (χ0n) is 18.0. The molecule has 1 aromatic carbocycles. The molecule has 2 atom stereocenters. The van der Waals surface area contributed by atoms with Gasteiger partial charge in [0.1, 0.15) is 0 Å². The van der Waals surface area contributed by atoms with Gasteiger partial charge in [-0.3, -0.25) is 14.5 Å². The molecule has 3 rings (SSSR count). The fourth-order valence-corrected chi connectivity index (χ4v) is 4.49. The van der Waals surface area contributed by atoms with Gasteiger partial charge in [0.2, 0.25) is 11.8 Å². The van der Waals surface area contributed by atoms with Crippen LogP contribution >= 0.6 is 23.2 Å². The number of aliphatic hydroxyl groups excluding tert-OH is 1. The summed E-state index contributed by atoms with van der Waals surface area (Å²) in [5.74, 6) is -0.0210. The molecule has 0 bridgehead atoms. The molecule has 170 valence electrons. The van der Waals surface area contributed by atoms with Gasteiger partial charge in [0, 0.05) is 51.3 Å². The van der Waals surface area contributed by atoms with E-state index >= 15 is 0 Å². The van der Waals surface area contributed by atoms with Crippen molar-refractivity contribution in [2.75, 3.05) is 39.3 Å². The quantitative estimate of drug-likeness (QED) is 0.651. The number of nitrogens with zero attached hydrogens (tertiary/aromatic N) is 3. The predicted molar refractivity (Wildman–Crippen MR) is 124 cm³/mol. The number of amides is 2. The van der Waals surface area contributed by atoms with Crippen LogP contribution in [0, 0.1) is 0 Å². The van der Waals surface area contributed by atoms with E-state index in [9.17, 15) is 14.7 Å². The minimum absolute atomic E-state index is 0.0930. The molecule has 1 aromatic rings. The van der Waals surface area contributed by atoms with E-state index in [4.69, 9.17) is 23.2 Å². The summed E-state index contributed by atoms with van der Waals surface area (Å²) in [6.07, 6.45) is 6.06. The highest BCUT2D eigenvalue weighted by atomic mass is 35.5. The lowest BCUT2D eigenvalue weighted by atomic mass is 10.0. The highest BCUT2D eigenvalue weighted by Gasteiger charge is 2.26. The van der Waals surface area contributed by atoms with Gasteiger partial charge in [-0.15, -0.1) is 0 Å². The van der Waals surface area contributed by atoms with Crippen LogP contribution in [0.2, 0.25) is 10.0 Å². The van der Waals surface area contributed by atoms with E-state index in [0.29, 0.717) is 42.6 Å². The fraction of sp³-hybridized carbons (Fsp3) is 0.565. The minimum atomic E-state index is -0.259. The average Bonchev–Trinajstić information content (AvgIpc) is 2.93. The third kappa shape index (κ3) is 6.69. The van der Waals surface area contributed by atoms with Crippen molar-refractivity contribution in [2.45, 2.75) is 44.8 Å². The Kier molecular flexibility index (Phi) is 8.78. The molecule has 31 heavy (non-hydrogen) atoms. The highest BCUT2D eigenvalue weighted by molar-refractivity contribution is 6.42. The second kappa shape index (κ2) is 11.3. The molecule has 8 heteroatoms. The van der Waals surface area contributed by atoms with Gasteiger partial charge in [-0.2, -0.15) is 0 Å². The molecule has 2 fully saturated rings. The molecule has 0 aromatic heterocycles. The first-order chi connectivity index (χ1) is 14.8. The van der Waals surface area contributed by atoms with Crippen LogP contribution < -0.4 is 0 Å². The summed E-state index contributed by atoms with van der Waals surface area (Å²) >= 11 is 11.9. The van der Waals surface area contributed by atoms with E-state index < -0.39 is 0 Å². The van der Waals surface area contributed by atoms with Crippen LogP contribution in [-0.2, 0) is 9.59 Å². The van der Waals surface area contributed by atoms with Gasteiger partial charge >= 0.3 is 0 Å². The normalized spacial score (nSPS) is 23.4. The van der Waals surface area contributed by atoms with Gasteiger partial charge in [-0.1, -0.05) is 29.3 Å². The van der Waals surface area contributed by atoms with Gasteiger partial charge in [-0.05, 0) is 56.5 Å². The molecule has 2 amide bonds. The molecule has 0 spiro atoms. The Balaban J connectivity index is 1.47. The second-order valence-corrected chi connectivity index (χ2v) is 9.12. The van der Waals surface area contributed by atoms with Gasteiger partial charge in [0.05, 0.1) is 16.1 Å². The summed E-state index contributed by atoms with van der Waals surface area (Å²) in [6.45, 7) is 6.11. The monoisotopic (exact) mass is 467 g/mol. The number of piperidine rings is 1. The third-order valence-electron chi connectivity index (χ3n) is 6.21. The lowest BCUT2D eigenvalue weighted by Gasteiger charge is -2.37. The van der Waals surface area contributed by atoms with Crippen LogP contribution in [-0.4, -0.2) is 83.0 Å². The molecule has 2 aliphatic rings. The van der Waals surface area contributed by atoms with Gasteiger partial charge in [-0.25, -0.2) is 0 Å². The molecule has 2 unspecified atom stereocenters. The first kappa shape index (κ1) is 24.1. The zero-order valence-corrected chi connectivity index (χ0v) is 19.5. The molecule has 2 aliphatic heterocycles. The maximum Gasteiger partial charge on any atom is 0.246 e. The topological polar surface area (TPSA) is 64.1 Å².